The van der Waals surface area contributed by atoms with Gasteiger partial charge in [0, 0.05) is 14.1 Å². The summed E-state index contributed by atoms with van der Waals surface area (Å²) in [6.07, 6.45) is 0. The van der Waals surface area contributed by atoms with Crippen LogP contribution in [0.25, 0.3) is 0 Å². The lowest BCUT2D eigenvalue weighted by molar-refractivity contribution is -0.114. The molecule has 0 aromatic heterocycles. The minimum absolute atomic E-state index is 0.0563. The summed E-state index contributed by atoms with van der Waals surface area (Å²) in [7, 11) is 0.653. The molecule has 1 amide bonds. The lowest BCUT2D eigenvalue weighted by Gasteiger charge is -2.15. The molecular weight excluding hydrogens is 373 g/mol. The predicted octanol–water partition coefficient (Wildman–Crippen LogP) is 2.44. The van der Waals surface area contributed by atoms with E-state index in [1.807, 2.05) is 0 Å². The van der Waals surface area contributed by atoms with Crippen molar-refractivity contribution in [1.29, 1.82) is 0 Å². The van der Waals surface area contributed by atoms with Gasteiger partial charge in [0.2, 0.25) is 15.9 Å². The number of carbonyl (C=O) groups excluding carboxylic acids is 1. The number of nitrogens with zero attached hydrogens (tertiary/aromatic N) is 1. The van der Waals surface area contributed by atoms with Crippen LogP contribution < -0.4 is 15.4 Å². The van der Waals surface area contributed by atoms with Crippen LogP contribution in [0.5, 0.6) is 5.75 Å². The highest BCUT2D eigenvalue weighted by Crippen LogP contribution is 2.28. The zero-order valence-corrected chi connectivity index (χ0v) is 16.4. The van der Waals surface area contributed by atoms with Crippen LogP contribution in [0.2, 0.25) is 0 Å². The molecule has 2 rings (SSSR count). The molecule has 0 saturated carbocycles. The summed E-state index contributed by atoms with van der Waals surface area (Å²) in [6, 6.07) is 8.78. The van der Waals surface area contributed by atoms with E-state index in [2.05, 4.69) is 10.6 Å². The van der Waals surface area contributed by atoms with Crippen molar-refractivity contribution in [3.8, 4) is 5.75 Å². The number of rotatable bonds is 7. The van der Waals surface area contributed by atoms with E-state index in [4.69, 9.17) is 4.74 Å². The van der Waals surface area contributed by atoms with Crippen LogP contribution in [-0.4, -0.2) is 46.4 Å². The molecule has 0 fully saturated rings. The van der Waals surface area contributed by atoms with Crippen molar-refractivity contribution in [1.82, 2.24) is 4.31 Å². The number of amides is 1. The average Bonchev–Trinajstić information content (AvgIpc) is 2.61. The van der Waals surface area contributed by atoms with Gasteiger partial charge in [-0.25, -0.2) is 17.1 Å². The van der Waals surface area contributed by atoms with Crippen molar-refractivity contribution in [2.75, 3.05) is 38.4 Å². The fraction of sp³-hybridized carbons (Fsp3) is 0.278. The van der Waals surface area contributed by atoms with Crippen LogP contribution in [0, 0.1) is 12.7 Å². The Morgan fingerprint density at radius 2 is 1.85 bits per heavy atom. The maximum Gasteiger partial charge on any atom is 0.243 e. The molecule has 0 radical (unpaired) electrons. The summed E-state index contributed by atoms with van der Waals surface area (Å²) in [5.41, 5.74) is 1.15. The first-order chi connectivity index (χ1) is 12.6. The maximum absolute atomic E-state index is 13.8. The van der Waals surface area contributed by atoms with Crippen LogP contribution in [0.4, 0.5) is 15.8 Å². The van der Waals surface area contributed by atoms with E-state index >= 15 is 0 Å². The van der Waals surface area contributed by atoms with Gasteiger partial charge in [0.25, 0.3) is 0 Å². The Kier molecular flexibility index (Phi) is 6.40. The number of ether oxygens (including phenoxy) is 1. The smallest absolute Gasteiger partial charge is 0.243 e. The Labute approximate surface area is 158 Å². The van der Waals surface area contributed by atoms with E-state index in [9.17, 15) is 17.6 Å². The summed E-state index contributed by atoms with van der Waals surface area (Å²) in [5, 5.41) is 5.29. The number of anilines is 2. The minimum Gasteiger partial charge on any atom is -0.495 e. The van der Waals surface area contributed by atoms with Crippen LogP contribution in [0.15, 0.2) is 41.3 Å². The minimum atomic E-state index is -3.63. The molecule has 0 spiro atoms. The van der Waals surface area contributed by atoms with E-state index < -0.39 is 21.7 Å². The number of carbonyl (C=O) groups is 1. The molecule has 0 aliphatic heterocycles. The van der Waals surface area contributed by atoms with Crippen LogP contribution >= 0.6 is 0 Å². The van der Waals surface area contributed by atoms with E-state index in [1.165, 1.54) is 51.5 Å². The largest absolute Gasteiger partial charge is 0.495 e. The van der Waals surface area contributed by atoms with Gasteiger partial charge in [-0.15, -0.1) is 0 Å². The van der Waals surface area contributed by atoms with Crippen molar-refractivity contribution >= 4 is 27.3 Å². The van der Waals surface area contributed by atoms with Gasteiger partial charge in [0.05, 0.1) is 29.9 Å². The van der Waals surface area contributed by atoms with Crippen molar-refractivity contribution in [3.63, 3.8) is 0 Å². The Balaban J connectivity index is 2.15. The number of nitrogens with one attached hydrogen (secondary N) is 2. The molecule has 0 atom stereocenters. The Bertz CT molecular complexity index is 946. The first kappa shape index (κ1) is 20.7. The molecular formula is C18H22FN3O4S. The van der Waals surface area contributed by atoms with E-state index in [1.54, 1.807) is 13.0 Å². The summed E-state index contributed by atoms with van der Waals surface area (Å²) in [5.74, 6) is -0.636. The molecule has 2 aromatic rings. The summed E-state index contributed by atoms with van der Waals surface area (Å²) >= 11 is 0. The predicted molar refractivity (Wildman–Crippen MR) is 102 cm³/mol. The quantitative estimate of drug-likeness (QED) is 0.752. The summed E-state index contributed by atoms with van der Waals surface area (Å²) in [4.78, 5) is 12.2. The van der Waals surface area contributed by atoms with E-state index in [-0.39, 0.29) is 17.1 Å². The molecule has 0 unspecified atom stereocenters. The van der Waals surface area contributed by atoms with Crippen molar-refractivity contribution < 1.29 is 22.3 Å². The number of benzene rings is 2. The van der Waals surface area contributed by atoms with Crippen LogP contribution in [-0.2, 0) is 14.8 Å². The fourth-order valence-electron chi connectivity index (χ4n) is 2.29. The second-order valence-electron chi connectivity index (χ2n) is 6.03. The Morgan fingerprint density at radius 1 is 1.15 bits per heavy atom. The van der Waals surface area contributed by atoms with Gasteiger partial charge < -0.3 is 15.4 Å². The van der Waals surface area contributed by atoms with Crippen molar-refractivity contribution in [3.05, 3.63) is 47.8 Å². The van der Waals surface area contributed by atoms with Crippen LogP contribution in [0.1, 0.15) is 5.56 Å². The number of hydrogen-bond donors (Lipinski definition) is 2. The molecule has 146 valence electrons. The molecule has 0 aliphatic carbocycles. The molecule has 0 heterocycles. The van der Waals surface area contributed by atoms with E-state index in [0.717, 1.165) is 9.87 Å². The van der Waals surface area contributed by atoms with Gasteiger partial charge in [0.15, 0.2) is 0 Å². The SMILES string of the molecule is COc1ccc(S(=O)(=O)N(C)C)cc1NCC(=O)Nc1ccc(C)cc1F. The van der Waals surface area contributed by atoms with Crippen molar-refractivity contribution in [2.24, 2.45) is 0 Å². The number of methoxy groups -OCH3 is 1. The summed E-state index contributed by atoms with van der Waals surface area (Å²) in [6.45, 7) is 1.55. The summed E-state index contributed by atoms with van der Waals surface area (Å²) < 4.78 is 44.6. The highest BCUT2D eigenvalue weighted by molar-refractivity contribution is 7.89. The third-order valence-electron chi connectivity index (χ3n) is 3.79. The molecule has 2 aromatic carbocycles. The second kappa shape index (κ2) is 8.36. The molecule has 2 N–H and O–H groups in total. The van der Waals surface area contributed by atoms with Crippen LogP contribution in [0.3, 0.4) is 0 Å². The van der Waals surface area contributed by atoms with Crippen molar-refractivity contribution in [2.45, 2.75) is 11.8 Å². The number of sulfonamides is 1. The number of aryl methyl sites for hydroxylation is 1. The zero-order valence-electron chi connectivity index (χ0n) is 15.5. The van der Waals surface area contributed by atoms with Gasteiger partial charge in [-0.1, -0.05) is 6.07 Å². The first-order valence-corrected chi connectivity index (χ1v) is 9.49. The molecule has 0 aliphatic rings. The first-order valence-electron chi connectivity index (χ1n) is 8.05. The highest BCUT2D eigenvalue weighted by atomic mass is 32.2. The molecule has 0 bridgehead atoms. The van der Waals surface area contributed by atoms with Gasteiger partial charge in [-0.05, 0) is 42.8 Å². The Morgan fingerprint density at radius 3 is 2.44 bits per heavy atom. The standard InChI is InChI=1S/C18H22FN3O4S/c1-12-5-7-15(14(19)9-12)21-18(23)11-20-16-10-13(6-8-17(16)26-4)27(24,25)22(2)3/h5-10,20H,11H2,1-4H3,(H,21,23). The average molecular weight is 395 g/mol. The molecule has 27 heavy (non-hydrogen) atoms. The van der Waals surface area contributed by atoms with Gasteiger partial charge in [0.1, 0.15) is 11.6 Å². The highest BCUT2D eigenvalue weighted by Gasteiger charge is 2.19. The zero-order chi connectivity index (χ0) is 20.2. The normalized spacial score (nSPS) is 11.3. The lowest BCUT2D eigenvalue weighted by Crippen LogP contribution is -2.24. The maximum atomic E-state index is 13.8. The fourth-order valence-corrected chi connectivity index (χ4v) is 3.22. The lowest BCUT2D eigenvalue weighted by atomic mass is 10.2. The number of halogens is 1. The van der Waals surface area contributed by atoms with E-state index in [0.29, 0.717) is 11.4 Å². The Hall–Kier alpha value is -2.65. The monoisotopic (exact) mass is 395 g/mol. The second-order valence-corrected chi connectivity index (χ2v) is 8.19. The van der Waals surface area contributed by atoms with Gasteiger partial charge in [-0.3, -0.25) is 4.79 Å². The topological polar surface area (TPSA) is 87.7 Å². The number of hydrogen-bond acceptors (Lipinski definition) is 5. The molecule has 7 nitrogen and oxygen atoms in total. The van der Waals surface area contributed by atoms with Gasteiger partial charge in [-0.2, -0.15) is 0 Å². The third-order valence-corrected chi connectivity index (χ3v) is 5.60. The third kappa shape index (κ3) is 4.95. The van der Waals surface area contributed by atoms with Gasteiger partial charge >= 0.3 is 0 Å². The molecule has 0 saturated heterocycles. The molecule has 9 heteroatoms.